The van der Waals surface area contributed by atoms with Crippen molar-refractivity contribution in [1.82, 2.24) is 10.2 Å². The van der Waals surface area contributed by atoms with E-state index in [1.54, 1.807) is 19.1 Å². The van der Waals surface area contributed by atoms with Crippen LogP contribution in [0.2, 0.25) is 0 Å². The van der Waals surface area contributed by atoms with Crippen molar-refractivity contribution in [2.75, 3.05) is 40.5 Å². The van der Waals surface area contributed by atoms with Gasteiger partial charge in [-0.1, -0.05) is 29.8 Å². The van der Waals surface area contributed by atoms with E-state index in [1.807, 2.05) is 31.2 Å². The number of nitrogens with zero attached hydrogens (tertiary/aromatic N) is 1. The fourth-order valence-electron chi connectivity index (χ4n) is 3.30. The first kappa shape index (κ1) is 19.4. The molecule has 0 aliphatic carbocycles. The van der Waals surface area contributed by atoms with Gasteiger partial charge in [0.15, 0.2) is 0 Å². The van der Waals surface area contributed by atoms with Crippen molar-refractivity contribution in [2.45, 2.75) is 25.8 Å². The highest BCUT2D eigenvalue weighted by atomic mass is 16.5. The number of methoxy groups -OCH3 is 2. The Morgan fingerprint density at radius 1 is 1.28 bits per heavy atom. The lowest BCUT2D eigenvalue weighted by Gasteiger charge is -2.28. The maximum absolute atomic E-state index is 12.7. The van der Waals surface area contributed by atoms with Crippen LogP contribution in [0.25, 0.3) is 0 Å². The van der Waals surface area contributed by atoms with Crippen LogP contribution in [0.3, 0.4) is 0 Å². The Morgan fingerprint density at radius 3 is 2.72 bits per heavy atom. The van der Waals surface area contributed by atoms with Crippen LogP contribution in [-0.2, 0) is 19.1 Å². The van der Waals surface area contributed by atoms with Crippen LogP contribution in [0.1, 0.15) is 30.0 Å². The summed E-state index contributed by atoms with van der Waals surface area (Å²) in [6.45, 7) is 4.11. The van der Waals surface area contributed by atoms with Gasteiger partial charge in [-0.15, -0.1) is 0 Å². The molecule has 1 aromatic rings. The molecule has 0 unspecified atom stereocenters. The van der Waals surface area contributed by atoms with Crippen LogP contribution in [0.4, 0.5) is 0 Å². The fourth-order valence-corrected chi connectivity index (χ4v) is 3.30. The van der Waals surface area contributed by atoms with Gasteiger partial charge in [-0.05, 0) is 18.9 Å². The Balaban J connectivity index is 2.18. The molecule has 2 amide bonds. The molecular weight excluding hydrogens is 320 g/mol. The SMILES string of the molecule is COCCCNC(=O)[C@@H]1CC(=O)N(CCOC)[C@H]1c1cccc(C)c1. The molecule has 25 heavy (non-hydrogen) atoms. The van der Waals surface area contributed by atoms with E-state index < -0.39 is 0 Å². The van der Waals surface area contributed by atoms with Crippen LogP contribution >= 0.6 is 0 Å². The Morgan fingerprint density at radius 2 is 2.04 bits per heavy atom. The summed E-state index contributed by atoms with van der Waals surface area (Å²) in [7, 11) is 3.25. The average Bonchev–Trinajstić information content (AvgIpc) is 2.93. The molecule has 2 atom stereocenters. The molecule has 138 valence electrons. The van der Waals surface area contributed by atoms with E-state index in [-0.39, 0.29) is 30.2 Å². The zero-order chi connectivity index (χ0) is 18.2. The largest absolute Gasteiger partial charge is 0.385 e. The molecular formula is C19H28N2O4. The third-order valence-corrected chi connectivity index (χ3v) is 4.51. The number of hydrogen-bond donors (Lipinski definition) is 1. The number of aryl methyl sites for hydroxylation is 1. The molecule has 1 N–H and O–H groups in total. The van der Waals surface area contributed by atoms with E-state index in [4.69, 9.17) is 9.47 Å². The maximum Gasteiger partial charge on any atom is 0.226 e. The van der Waals surface area contributed by atoms with E-state index >= 15 is 0 Å². The third-order valence-electron chi connectivity index (χ3n) is 4.51. The molecule has 0 aromatic heterocycles. The molecule has 1 heterocycles. The first-order chi connectivity index (χ1) is 12.1. The lowest BCUT2D eigenvalue weighted by Crippen LogP contribution is -2.37. The zero-order valence-corrected chi connectivity index (χ0v) is 15.3. The maximum atomic E-state index is 12.7. The van der Waals surface area contributed by atoms with Gasteiger partial charge in [0.1, 0.15) is 0 Å². The number of nitrogens with one attached hydrogen (secondary N) is 1. The van der Waals surface area contributed by atoms with Gasteiger partial charge in [0.25, 0.3) is 0 Å². The highest BCUT2D eigenvalue weighted by Crippen LogP contribution is 2.38. The summed E-state index contributed by atoms with van der Waals surface area (Å²) in [4.78, 5) is 27.0. The van der Waals surface area contributed by atoms with Crippen molar-refractivity contribution in [3.05, 3.63) is 35.4 Å². The molecule has 1 aliphatic heterocycles. The van der Waals surface area contributed by atoms with Crippen molar-refractivity contribution in [3.63, 3.8) is 0 Å². The van der Waals surface area contributed by atoms with Gasteiger partial charge in [-0.2, -0.15) is 0 Å². The molecule has 1 saturated heterocycles. The quantitative estimate of drug-likeness (QED) is 0.690. The molecule has 1 fully saturated rings. The minimum Gasteiger partial charge on any atom is -0.385 e. The van der Waals surface area contributed by atoms with Crippen LogP contribution in [0, 0.1) is 12.8 Å². The van der Waals surface area contributed by atoms with Crippen LogP contribution in [-0.4, -0.2) is 57.2 Å². The number of hydrogen-bond acceptors (Lipinski definition) is 4. The van der Waals surface area contributed by atoms with E-state index in [9.17, 15) is 9.59 Å². The number of ether oxygens (including phenoxy) is 2. The number of carbonyl (C=O) groups is 2. The summed E-state index contributed by atoms with van der Waals surface area (Å²) in [5.74, 6) is -0.454. The lowest BCUT2D eigenvalue weighted by molar-refractivity contribution is -0.129. The second-order valence-corrected chi connectivity index (χ2v) is 6.39. The van der Waals surface area contributed by atoms with Crippen LogP contribution < -0.4 is 5.32 Å². The molecule has 0 radical (unpaired) electrons. The number of rotatable bonds is 9. The first-order valence-corrected chi connectivity index (χ1v) is 8.70. The summed E-state index contributed by atoms with van der Waals surface area (Å²) in [5.41, 5.74) is 2.11. The summed E-state index contributed by atoms with van der Waals surface area (Å²) in [6.07, 6.45) is 0.990. The lowest BCUT2D eigenvalue weighted by atomic mass is 9.92. The summed E-state index contributed by atoms with van der Waals surface area (Å²) >= 11 is 0. The molecule has 0 saturated carbocycles. The van der Waals surface area contributed by atoms with Crippen molar-refractivity contribution in [1.29, 1.82) is 0 Å². The predicted molar refractivity (Wildman–Crippen MR) is 95.1 cm³/mol. The Labute approximate surface area is 149 Å². The van der Waals surface area contributed by atoms with E-state index in [1.165, 1.54) is 0 Å². The van der Waals surface area contributed by atoms with Crippen molar-refractivity contribution >= 4 is 11.8 Å². The number of amides is 2. The number of benzene rings is 1. The van der Waals surface area contributed by atoms with Gasteiger partial charge < -0.3 is 19.7 Å². The first-order valence-electron chi connectivity index (χ1n) is 8.70. The van der Waals surface area contributed by atoms with Crippen molar-refractivity contribution in [2.24, 2.45) is 5.92 Å². The Bertz CT molecular complexity index is 591. The second-order valence-electron chi connectivity index (χ2n) is 6.39. The van der Waals surface area contributed by atoms with E-state index in [0.29, 0.717) is 26.3 Å². The minimum atomic E-state index is -0.381. The smallest absolute Gasteiger partial charge is 0.226 e. The predicted octanol–water partition coefficient (Wildman–Crippen LogP) is 1.68. The monoisotopic (exact) mass is 348 g/mol. The third kappa shape index (κ3) is 5.03. The number of likely N-dealkylation sites (tertiary alicyclic amines) is 1. The summed E-state index contributed by atoms with van der Waals surface area (Å²) < 4.78 is 10.1. The van der Waals surface area contributed by atoms with E-state index in [2.05, 4.69) is 5.32 Å². The standard InChI is InChI=1S/C19H28N2O4/c1-14-6-4-7-15(12-14)18-16(19(23)20-8-5-10-24-2)13-17(22)21(18)9-11-25-3/h4,6-7,12,16,18H,5,8-11,13H2,1-3H3,(H,20,23)/t16-,18+/m1/s1. The van der Waals surface area contributed by atoms with Gasteiger partial charge in [-0.3, -0.25) is 9.59 Å². The topological polar surface area (TPSA) is 67.9 Å². The molecule has 1 aromatic carbocycles. The molecule has 0 bridgehead atoms. The van der Waals surface area contributed by atoms with E-state index in [0.717, 1.165) is 17.5 Å². The summed E-state index contributed by atoms with van der Waals surface area (Å²) in [5, 5.41) is 2.94. The van der Waals surface area contributed by atoms with Gasteiger partial charge >= 0.3 is 0 Å². The van der Waals surface area contributed by atoms with Crippen molar-refractivity contribution in [3.8, 4) is 0 Å². The molecule has 6 heteroatoms. The van der Waals surface area contributed by atoms with Crippen LogP contribution in [0.5, 0.6) is 0 Å². The van der Waals surface area contributed by atoms with Crippen LogP contribution in [0.15, 0.2) is 24.3 Å². The minimum absolute atomic E-state index is 0.000553. The van der Waals surface area contributed by atoms with Gasteiger partial charge in [0.2, 0.25) is 11.8 Å². The molecule has 2 rings (SSSR count). The number of carbonyl (C=O) groups excluding carboxylic acids is 2. The Hall–Kier alpha value is -1.92. The Kier molecular flexibility index (Phi) is 7.40. The zero-order valence-electron chi connectivity index (χ0n) is 15.3. The molecule has 6 nitrogen and oxygen atoms in total. The second kappa shape index (κ2) is 9.53. The highest BCUT2D eigenvalue weighted by Gasteiger charge is 2.44. The van der Waals surface area contributed by atoms with Crippen molar-refractivity contribution < 1.29 is 19.1 Å². The summed E-state index contributed by atoms with van der Waals surface area (Å²) in [6, 6.07) is 7.77. The van der Waals surface area contributed by atoms with Gasteiger partial charge in [0.05, 0.1) is 18.6 Å². The normalized spacial score (nSPS) is 20.1. The van der Waals surface area contributed by atoms with Gasteiger partial charge in [-0.25, -0.2) is 0 Å². The average molecular weight is 348 g/mol. The molecule has 0 spiro atoms. The fraction of sp³-hybridized carbons (Fsp3) is 0.579. The highest BCUT2D eigenvalue weighted by molar-refractivity contribution is 5.90. The van der Waals surface area contributed by atoms with Gasteiger partial charge in [0, 0.05) is 40.3 Å². The molecule has 1 aliphatic rings.